The molecule has 0 N–H and O–H groups in total. The molecule has 1 rings (SSSR count). The zero-order valence-electron chi connectivity index (χ0n) is 10.2. The number of rotatable bonds is 5. The van der Waals surface area contributed by atoms with Gasteiger partial charge in [0.05, 0.1) is 16.2 Å². The first kappa shape index (κ1) is 16.5. The summed E-state index contributed by atoms with van der Waals surface area (Å²) in [5.74, 6) is -0.118. The lowest BCUT2D eigenvalue weighted by molar-refractivity contribution is -0.137. The first-order chi connectivity index (χ1) is 8.70. The van der Waals surface area contributed by atoms with E-state index in [1.165, 1.54) is 0 Å². The van der Waals surface area contributed by atoms with Crippen LogP contribution in [0, 0.1) is 5.92 Å². The second-order valence-electron chi connectivity index (χ2n) is 4.23. The molecule has 2 nitrogen and oxygen atoms in total. The number of hydrogen-bond donors (Lipinski definition) is 0. The van der Waals surface area contributed by atoms with E-state index in [0.29, 0.717) is 11.8 Å². The Bertz CT molecular complexity index is 505. The van der Waals surface area contributed by atoms with Crippen LogP contribution in [0.4, 0.5) is 13.2 Å². The Morgan fingerprint density at radius 3 is 2.11 bits per heavy atom. The Morgan fingerprint density at radius 1 is 1.21 bits per heavy atom. The van der Waals surface area contributed by atoms with E-state index in [2.05, 4.69) is 15.9 Å². The average molecular weight is 359 g/mol. The van der Waals surface area contributed by atoms with Gasteiger partial charge in [-0.1, -0.05) is 29.3 Å². The summed E-state index contributed by atoms with van der Waals surface area (Å²) < 4.78 is 61.2. The zero-order valence-corrected chi connectivity index (χ0v) is 12.6. The number of benzene rings is 1. The first-order valence-corrected chi connectivity index (χ1v) is 8.44. The van der Waals surface area contributed by atoms with E-state index in [9.17, 15) is 21.6 Å². The Hall–Kier alpha value is -0.560. The van der Waals surface area contributed by atoms with Gasteiger partial charge in [0.25, 0.3) is 0 Å². The summed E-state index contributed by atoms with van der Waals surface area (Å²) in [6.07, 6.45) is -3.77. The Balaban J connectivity index is 2.97. The Labute approximate surface area is 119 Å². The molecule has 0 heterocycles. The molecule has 0 aliphatic rings. The predicted octanol–water partition coefficient (Wildman–Crippen LogP) is 3.90. The molecule has 1 atom stereocenters. The van der Waals surface area contributed by atoms with E-state index >= 15 is 0 Å². The molecule has 0 aliphatic heterocycles. The van der Waals surface area contributed by atoms with Crippen LogP contribution < -0.4 is 0 Å². The van der Waals surface area contributed by atoms with Gasteiger partial charge < -0.3 is 0 Å². The van der Waals surface area contributed by atoms with Gasteiger partial charge in [0, 0.05) is 5.33 Å². The molecular formula is C12H14BrF3O2S. The lowest BCUT2D eigenvalue weighted by atomic mass is 10.2. The maximum atomic E-state index is 12.4. The standard InChI is InChI=1S/C12H14BrF3O2S/c1-2-9(7-13)8-19(17,18)11-5-3-10(4-6-11)12(14,15)16/h3-6,9H,2,7-8H2,1H3. The van der Waals surface area contributed by atoms with Gasteiger partial charge in [-0.25, -0.2) is 8.42 Å². The van der Waals surface area contributed by atoms with Crippen molar-refractivity contribution in [2.24, 2.45) is 5.92 Å². The van der Waals surface area contributed by atoms with Crippen molar-refractivity contribution in [3.63, 3.8) is 0 Å². The summed E-state index contributed by atoms with van der Waals surface area (Å²) >= 11 is 3.23. The highest BCUT2D eigenvalue weighted by molar-refractivity contribution is 9.09. The molecule has 0 saturated carbocycles. The van der Waals surface area contributed by atoms with Gasteiger partial charge in [0.1, 0.15) is 0 Å². The van der Waals surface area contributed by atoms with Crippen molar-refractivity contribution >= 4 is 25.8 Å². The van der Waals surface area contributed by atoms with E-state index in [1.807, 2.05) is 6.92 Å². The van der Waals surface area contributed by atoms with Crippen molar-refractivity contribution < 1.29 is 21.6 Å². The molecule has 0 amide bonds. The largest absolute Gasteiger partial charge is 0.416 e. The normalized spacial score (nSPS) is 14.4. The van der Waals surface area contributed by atoms with Gasteiger partial charge in [0.2, 0.25) is 0 Å². The number of sulfone groups is 1. The molecular weight excluding hydrogens is 345 g/mol. The molecule has 0 saturated heterocycles. The quantitative estimate of drug-likeness (QED) is 0.748. The van der Waals surface area contributed by atoms with Crippen molar-refractivity contribution in [2.45, 2.75) is 24.4 Å². The van der Waals surface area contributed by atoms with Crippen molar-refractivity contribution in [1.29, 1.82) is 0 Å². The van der Waals surface area contributed by atoms with E-state index < -0.39 is 21.6 Å². The van der Waals surface area contributed by atoms with Gasteiger partial charge in [-0.3, -0.25) is 0 Å². The average Bonchev–Trinajstić information content (AvgIpc) is 2.35. The molecule has 1 aromatic carbocycles. The lowest BCUT2D eigenvalue weighted by Gasteiger charge is -2.12. The second kappa shape index (κ2) is 6.26. The van der Waals surface area contributed by atoms with Gasteiger partial charge in [-0.15, -0.1) is 0 Å². The Kier molecular flexibility index (Phi) is 5.43. The third-order valence-electron chi connectivity index (χ3n) is 2.79. The zero-order chi connectivity index (χ0) is 14.7. The van der Waals surface area contributed by atoms with Crippen molar-refractivity contribution in [3.05, 3.63) is 29.8 Å². The van der Waals surface area contributed by atoms with Crippen LogP contribution in [0.25, 0.3) is 0 Å². The van der Waals surface area contributed by atoms with Gasteiger partial charge in [-0.2, -0.15) is 13.2 Å². The van der Waals surface area contributed by atoms with Gasteiger partial charge in [-0.05, 0) is 30.2 Å². The summed E-state index contributed by atoms with van der Waals surface area (Å²) in [5.41, 5.74) is -0.848. The topological polar surface area (TPSA) is 34.1 Å². The van der Waals surface area contributed by atoms with Gasteiger partial charge in [0.15, 0.2) is 9.84 Å². The molecule has 108 valence electrons. The van der Waals surface area contributed by atoms with Crippen molar-refractivity contribution in [1.82, 2.24) is 0 Å². The third kappa shape index (κ3) is 4.49. The Morgan fingerprint density at radius 2 is 1.74 bits per heavy atom. The van der Waals surface area contributed by atoms with E-state index in [-0.39, 0.29) is 16.6 Å². The molecule has 7 heteroatoms. The van der Waals surface area contributed by atoms with Crippen LogP contribution in [0.15, 0.2) is 29.2 Å². The molecule has 1 aromatic rings. The lowest BCUT2D eigenvalue weighted by Crippen LogP contribution is -2.17. The fourth-order valence-corrected chi connectivity index (χ4v) is 4.24. The van der Waals surface area contributed by atoms with Crippen molar-refractivity contribution in [3.8, 4) is 0 Å². The highest BCUT2D eigenvalue weighted by atomic mass is 79.9. The van der Waals surface area contributed by atoms with Crippen LogP contribution in [0.3, 0.4) is 0 Å². The SMILES string of the molecule is CCC(CBr)CS(=O)(=O)c1ccc(C(F)(F)F)cc1. The summed E-state index contributed by atoms with van der Waals surface area (Å²) in [5, 5.41) is 0.545. The monoisotopic (exact) mass is 358 g/mol. The number of hydrogen-bond acceptors (Lipinski definition) is 2. The molecule has 0 fully saturated rings. The summed E-state index contributed by atoms with van der Waals surface area (Å²) in [6.45, 7) is 1.87. The highest BCUT2D eigenvalue weighted by Crippen LogP contribution is 2.30. The van der Waals surface area contributed by atoms with E-state index in [0.717, 1.165) is 24.3 Å². The second-order valence-corrected chi connectivity index (χ2v) is 6.91. The predicted molar refractivity (Wildman–Crippen MR) is 71.1 cm³/mol. The first-order valence-electron chi connectivity index (χ1n) is 5.66. The fraction of sp³-hybridized carbons (Fsp3) is 0.500. The third-order valence-corrected chi connectivity index (χ3v) is 5.61. The molecule has 1 unspecified atom stereocenters. The minimum absolute atomic E-state index is 0.0488. The van der Waals surface area contributed by atoms with Crippen LogP contribution in [-0.4, -0.2) is 19.5 Å². The van der Waals surface area contributed by atoms with Crippen LogP contribution in [0.1, 0.15) is 18.9 Å². The minimum Gasteiger partial charge on any atom is -0.224 e. The van der Waals surface area contributed by atoms with Crippen molar-refractivity contribution in [2.75, 3.05) is 11.1 Å². The van der Waals surface area contributed by atoms with E-state index in [4.69, 9.17) is 0 Å². The summed E-state index contributed by atoms with van der Waals surface area (Å²) in [4.78, 5) is -0.0695. The summed E-state index contributed by atoms with van der Waals surface area (Å²) in [7, 11) is -3.54. The molecule has 0 spiro atoms. The van der Waals surface area contributed by atoms with Gasteiger partial charge >= 0.3 is 6.18 Å². The number of halogens is 4. The summed E-state index contributed by atoms with van der Waals surface area (Å²) in [6, 6.07) is 3.61. The highest BCUT2D eigenvalue weighted by Gasteiger charge is 2.30. The number of alkyl halides is 4. The maximum absolute atomic E-state index is 12.4. The molecule has 0 bridgehead atoms. The van der Waals surface area contributed by atoms with Crippen LogP contribution in [0.2, 0.25) is 0 Å². The van der Waals surface area contributed by atoms with E-state index in [1.54, 1.807) is 0 Å². The molecule has 0 radical (unpaired) electrons. The maximum Gasteiger partial charge on any atom is 0.416 e. The molecule has 19 heavy (non-hydrogen) atoms. The van der Waals surface area contributed by atoms with Crippen LogP contribution in [0.5, 0.6) is 0 Å². The van der Waals surface area contributed by atoms with Crippen LogP contribution in [-0.2, 0) is 16.0 Å². The fourth-order valence-electron chi connectivity index (χ4n) is 1.53. The minimum atomic E-state index is -4.45. The molecule has 0 aromatic heterocycles. The smallest absolute Gasteiger partial charge is 0.224 e. The molecule has 0 aliphatic carbocycles. The van der Waals surface area contributed by atoms with Crippen LogP contribution >= 0.6 is 15.9 Å².